The molecule has 0 radical (unpaired) electrons. The summed E-state index contributed by atoms with van der Waals surface area (Å²) in [5.74, 6) is 0.311. The van der Waals surface area contributed by atoms with Crippen LogP contribution in [0.1, 0.15) is 13.8 Å². The molecule has 154 valence electrons. The number of hydrogen-bond acceptors (Lipinski definition) is 5. The first-order valence-corrected chi connectivity index (χ1v) is 10.8. The maximum Gasteiger partial charge on any atom is 0.270 e. The molecule has 0 saturated heterocycles. The Morgan fingerprint density at radius 1 is 1.10 bits per heavy atom. The number of amides is 1. The minimum absolute atomic E-state index is 0.172. The number of fused-ring (bicyclic) bond motifs is 1. The number of anilines is 1. The van der Waals surface area contributed by atoms with Gasteiger partial charge in [0.25, 0.3) is 11.9 Å². The topological polar surface area (TPSA) is 68.5 Å². The second-order valence-electron chi connectivity index (χ2n) is 6.90. The van der Waals surface area contributed by atoms with Gasteiger partial charge in [0.2, 0.25) is 4.96 Å². The first-order valence-electron chi connectivity index (χ1n) is 8.79. The van der Waals surface area contributed by atoms with Gasteiger partial charge in [-0.05, 0) is 56.3 Å². The number of ether oxygens (including phenoxy) is 1. The van der Waals surface area contributed by atoms with Crippen LogP contribution in [0.3, 0.4) is 0 Å². The first-order chi connectivity index (χ1) is 14.2. The molecule has 6 nitrogen and oxygen atoms in total. The Morgan fingerprint density at radius 2 is 1.80 bits per heavy atom. The van der Waals surface area contributed by atoms with E-state index in [1.165, 1.54) is 11.3 Å². The highest BCUT2D eigenvalue weighted by Gasteiger charge is 2.31. The zero-order valence-corrected chi connectivity index (χ0v) is 18.9. The smallest absolute Gasteiger partial charge is 0.270 e. The predicted molar refractivity (Wildman–Crippen MR) is 121 cm³/mol. The van der Waals surface area contributed by atoms with Crippen LogP contribution in [-0.4, -0.2) is 26.1 Å². The Balaban J connectivity index is 1.56. The summed E-state index contributed by atoms with van der Waals surface area (Å²) in [6.07, 6.45) is 0. The highest BCUT2D eigenvalue weighted by atomic mass is 35.5. The minimum Gasteiger partial charge on any atom is -0.478 e. The maximum absolute atomic E-state index is 12.8. The molecule has 1 N–H and O–H groups in total. The van der Waals surface area contributed by atoms with Crippen molar-refractivity contribution in [3.8, 4) is 17.0 Å². The normalized spacial score (nSPS) is 11.6. The van der Waals surface area contributed by atoms with Crippen molar-refractivity contribution >= 4 is 63.0 Å². The molecule has 0 saturated carbocycles. The van der Waals surface area contributed by atoms with Gasteiger partial charge in [0.1, 0.15) is 5.75 Å². The third-order valence-electron chi connectivity index (χ3n) is 4.25. The summed E-state index contributed by atoms with van der Waals surface area (Å²) in [4.78, 5) is 17.8. The van der Waals surface area contributed by atoms with Crippen LogP contribution in [0.2, 0.25) is 15.1 Å². The third-order valence-corrected chi connectivity index (χ3v) is 5.86. The van der Waals surface area contributed by atoms with E-state index < -0.39 is 5.60 Å². The molecule has 4 rings (SSSR count). The number of aromatic nitrogens is 3. The highest BCUT2D eigenvalue weighted by molar-refractivity contribution is 7.15. The molecule has 0 spiro atoms. The van der Waals surface area contributed by atoms with E-state index in [9.17, 15) is 4.79 Å². The Morgan fingerprint density at radius 3 is 2.50 bits per heavy atom. The van der Waals surface area contributed by atoms with Gasteiger partial charge in [-0.25, -0.2) is 4.52 Å². The lowest BCUT2D eigenvalue weighted by molar-refractivity contribution is -0.128. The van der Waals surface area contributed by atoms with Crippen molar-refractivity contribution in [2.45, 2.75) is 19.4 Å². The van der Waals surface area contributed by atoms with Gasteiger partial charge < -0.3 is 4.74 Å². The molecule has 0 aliphatic heterocycles. The van der Waals surface area contributed by atoms with Crippen molar-refractivity contribution in [3.05, 3.63) is 62.9 Å². The number of carbonyl (C=O) groups is 1. The molecule has 0 aliphatic rings. The molecule has 30 heavy (non-hydrogen) atoms. The molecule has 0 atom stereocenters. The van der Waals surface area contributed by atoms with Gasteiger partial charge >= 0.3 is 0 Å². The van der Waals surface area contributed by atoms with Crippen LogP contribution in [0.25, 0.3) is 16.2 Å². The number of thiazole rings is 1. The summed E-state index contributed by atoms with van der Waals surface area (Å²) in [7, 11) is 0. The van der Waals surface area contributed by atoms with Crippen molar-refractivity contribution in [2.24, 2.45) is 0 Å². The second kappa shape index (κ2) is 8.07. The lowest BCUT2D eigenvalue weighted by Crippen LogP contribution is -2.42. The highest BCUT2D eigenvalue weighted by Crippen LogP contribution is 2.33. The number of carbonyl (C=O) groups excluding carboxylic acids is 1. The van der Waals surface area contributed by atoms with Crippen LogP contribution in [-0.2, 0) is 4.79 Å². The first kappa shape index (κ1) is 20.9. The lowest BCUT2D eigenvalue weighted by atomic mass is 10.1. The van der Waals surface area contributed by atoms with Crippen molar-refractivity contribution in [1.29, 1.82) is 0 Å². The van der Waals surface area contributed by atoms with E-state index in [1.807, 2.05) is 11.4 Å². The average Bonchev–Trinajstić information content (AvgIpc) is 3.24. The number of nitrogens with one attached hydrogen (secondary N) is 1. The average molecular weight is 482 g/mol. The summed E-state index contributed by atoms with van der Waals surface area (Å²) in [5, 5.41) is 10.6. The number of halogens is 3. The van der Waals surface area contributed by atoms with E-state index in [-0.39, 0.29) is 11.9 Å². The predicted octanol–water partition coefficient (Wildman–Crippen LogP) is 6.21. The fourth-order valence-corrected chi connectivity index (χ4v) is 4.17. The second-order valence-corrected chi connectivity index (χ2v) is 9.01. The summed E-state index contributed by atoms with van der Waals surface area (Å²) in [6.45, 7) is 3.32. The number of hydrogen-bond donors (Lipinski definition) is 1. The lowest BCUT2D eigenvalue weighted by Gasteiger charge is -2.24. The van der Waals surface area contributed by atoms with Crippen LogP contribution < -0.4 is 10.1 Å². The zero-order chi connectivity index (χ0) is 21.5. The molecule has 0 fully saturated rings. The fourth-order valence-electron chi connectivity index (χ4n) is 2.71. The van der Waals surface area contributed by atoms with E-state index in [0.717, 1.165) is 11.3 Å². The molecule has 1 amide bonds. The minimum atomic E-state index is -1.16. The largest absolute Gasteiger partial charge is 0.478 e. The number of nitrogens with zero attached hydrogens (tertiary/aromatic N) is 3. The third kappa shape index (κ3) is 4.25. The van der Waals surface area contributed by atoms with E-state index in [0.29, 0.717) is 25.8 Å². The zero-order valence-electron chi connectivity index (χ0n) is 15.8. The molecule has 2 aromatic carbocycles. The summed E-state index contributed by atoms with van der Waals surface area (Å²) < 4.78 is 7.43. The molecule has 2 heterocycles. The quantitative estimate of drug-likeness (QED) is 0.368. The van der Waals surface area contributed by atoms with Crippen LogP contribution >= 0.6 is 46.1 Å². The Hall–Kier alpha value is -2.32. The fraction of sp³-hybridized carbons (Fsp3) is 0.150. The molecular weight excluding hydrogens is 467 g/mol. The monoisotopic (exact) mass is 480 g/mol. The van der Waals surface area contributed by atoms with Crippen molar-refractivity contribution in [3.63, 3.8) is 0 Å². The SMILES string of the molecule is CC(C)(Oc1ccc(Cl)cc1)C(=O)Nc1nc2scc(-c3ccc(Cl)cc3Cl)n2n1. The van der Waals surface area contributed by atoms with Gasteiger partial charge in [-0.2, -0.15) is 4.98 Å². The van der Waals surface area contributed by atoms with E-state index in [2.05, 4.69) is 15.4 Å². The van der Waals surface area contributed by atoms with Crippen LogP contribution in [0.5, 0.6) is 5.75 Å². The van der Waals surface area contributed by atoms with Crippen molar-refractivity contribution in [1.82, 2.24) is 14.6 Å². The molecule has 0 bridgehead atoms. The number of rotatable bonds is 5. The maximum atomic E-state index is 12.8. The summed E-state index contributed by atoms with van der Waals surface area (Å²) in [5.41, 5.74) is 0.359. The summed E-state index contributed by atoms with van der Waals surface area (Å²) in [6, 6.07) is 12.0. The molecule has 0 aliphatic carbocycles. The van der Waals surface area contributed by atoms with E-state index >= 15 is 0 Å². The van der Waals surface area contributed by atoms with Crippen LogP contribution in [0.15, 0.2) is 47.8 Å². The van der Waals surface area contributed by atoms with Gasteiger partial charge in [-0.15, -0.1) is 16.4 Å². The van der Waals surface area contributed by atoms with Gasteiger partial charge in [0, 0.05) is 21.0 Å². The van der Waals surface area contributed by atoms with Crippen LogP contribution in [0, 0.1) is 0 Å². The Kier molecular flexibility index (Phi) is 5.63. The Labute approximate surface area is 191 Å². The van der Waals surface area contributed by atoms with Crippen molar-refractivity contribution < 1.29 is 9.53 Å². The van der Waals surface area contributed by atoms with Gasteiger partial charge in [0.05, 0.1) is 10.7 Å². The van der Waals surface area contributed by atoms with E-state index in [4.69, 9.17) is 39.5 Å². The van der Waals surface area contributed by atoms with Crippen LogP contribution in [0.4, 0.5) is 5.95 Å². The van der Waals surface area contributed by atoms with Gasteiger partial charge in [0.15, 0.2) is 5.60 Å². The molecule has 2 aromatic heterocycles. The molecule has 4 aromatic rings. The Bertz CT molecular complexity index is 1230. The summed E-state index contributed by atoms with van der Waals surface area (Å²) >= 11 is 19.6. The molecular formula is C20H15Cl3N4O2S. The van der Waals surface area contributed by atoms with Gasteiger partial charge in [-0.1, -0.05) is 34.8 Å². The van der Waals surface area contributed by atoms with Gasteiger partial charge in [-0.3, -0.25) is 10.1 Å². The van der Waals surface area contributed by atoms with Crippen molar-refractivity contribution in [2.75, 3.05) is 5.32 Å². The van der Waals surface area contributed by atoms with E-state index in [1.54, 1.807) is 54.8 Å². The number of benzene rings is 2. The molecule has 0 unspecified atom stereocenters. The standard InChI is InChI=1S/C20H15Cl3N4O2S/c1-20(2,29-13-6-3-11(21)4-7-13)17(28)24-18-25-19-27(26-18)16(10-30-19)14-8-5-12(22)9-15(14)23/h3-10H,1-2H3,(H,24,26,28). The molecule has 10 heteroatoms.